The summed E-state index contributed by atoms with van der Waals surface area (Å²) in [6, 6.07) is 10.1. The van der Waals surface area contributed by atoms with E-state index in [1.807, 2.05) is 60.7 Å². The number of aromatic nitrogens is 2. The Morgan fingerprint density at radius 2 is 1.84 bits per heavy atom. The molecule has 0 bridgehead atoms. The third kappa shape index (κ3) is 11.8. The number of ether oxygens (including phenoxy) is 2. The zero-order chi connectivity index (χ0) is 18.7. The summed E-state index contributed by atoms with van der Waals surface area (Å²) in [7, 11) is -4.01. The lowest BCUT2D eigenvalue weighted by molar-refractivity contribution is -0.671. The van der Waals surface area contributed by atoms with Gasteiger partial charge in [-0.15, -0.1) is 0 Å². The van der Waals surface area contributed by atoms with Crippen molar-refractivity contribution in [2.24, 2.45) is 7.05 Å². The molecule has 2 aromatic rings. The van der Waals surface area contributed by atoms with Gasteiger partial charge in [-0.25, -0.2) is 9.13 Å². The monoisotopic (exact) mass is 360 g/mol. The lowest BCUT2D eigenvalue weighted by Gasteiger charge is -2.09. The van der Waals surface area contributed by atoms with Gasteiger partial charge in [-0.1, -0.05) is 36.9 Å². The Kier molecular flexibility index (Phi) is 8.76. The zero-order valence-electron chi connectivity index (χ0n) is 14.0. The molecule has 25 heavy (non-hydrogen) atoms. The van der Waals surface area contributed by atoms with Crippen LogP contribution in [0.3, 0.4) is 0 Å². The first-order valence-corrected chi connectivity index (χ1v) is 7.54. The Morgan fingerprint density at radius 3 is 2.40 bits per heavy atom. The predicted molar refractivity (Wildman–Crippen MR) is 87.0 cm³/mol. The van der Waals surface area contributed by atoms with Gasteiger partial charge in [-0.3, -0.25) is 0 Å². The topological polar surface area (TPSA) is 27.3 Å². The highest BCUT2D eigenvalue weighted by molar-refractivity contribution is 6.50. The molecule has 0 aliphatic heterocycles. The van der Waals surface area contributed by atoms with E-state index in [0.717, 1.165) is 12.1 Å². The highest BCUT2D eigenvalue weighted by Crippen LogP contribution is 2.06. The van der Waals surface area contributed by atoms with Crippen LogP contribution >= 0.6 is 0 Å². The highest BCUT2D eigenvalue weighted by atomic mass is 19.5. The van der Waals surface area contributed by atoms with E-state index in [-0.39, 0.29) is 0 Å². The van der Waals surface area contributed by atoms with Crippen molar-refractivity contribution in [3.05, 3.63) is 67.0 Å². The van der Waals surface area contributed by atoms with Gasteiger partial charge >= 0.3 is 7.25 Å². The fourth-order valence-electron chi connectivity index (χ4n) is 1.83. The normalized spacial score (nSPS) is 10.8. The lowest BCUT2D eigenvalue weighted by Crippen LogP contribution is -2.24. The van der Waals surface area contributed by atoms with Crippen molar-refractivity contribution in [3.63, 3.8) is 0 Å². The molecule has 0 aliphatic carbocycles. The maximum atomic E-state index is 9.75. The molecule has 0 atom stereocenters. The van der Waals surface area contributed by atoms with Gasteiger partial charge in [0.05, 0.1) is 13.7 Å². The standard InChI is InChI=1S/C16H21N2O2.BF4/c1-15(12-19-13-16-6-4-3-5-7-16)20-11-10-18-9-8-17(2)14-18;2-1(3,4)5/h3-9,14H,1,10-13H2,2H3;/q+1;-1. The average Bonchev–Trinajstić information content (AvgIpc) is 2.92. The minimum absolute atomic E-state index is 0.425. The molecule has 1 heterocycles. The number of rotatable bonds is 8. The first kappa shape index (κ1) is 20.8. The molecule has 138 valence electrons. The molecule has 0 aliphatic rings. The first-order valence-electron chi connectivity index (χ1n) is 7.54. The molecule has 0 saturated heterocycles. The molecule has 0 fully saturated rings. The summed E-state index contributed by atoms with van der Waals surface area (Å²) >= 11 is 0. The van der Waals surface area contributed by atoms with Crippen LogP contribution in [0.25, 0.3) is 0 Å². The SMILES string of the molecule is C=C(COCc1ccccc1)OCCn1cc[n+](C)c1.F[B-](F)(F)F. The van der Waals surface area contributed by atoms with E-state index in [0.29, 0.717) is 25.6 Å². The lowest BCUT2D eigenvalue weighted by atomic mass is 10.2. The van der Waals surface area contributed by atoms with Crippen LogP contribution in [0.2, 0.25) is 0 Å². The van der Waals surface area contributed by atoms with E-state index >= 15 is 0 Å². The van der Waals surface area contributed by atoms with Crippen molar-refractivity contribution < 1.29 is 31.3 Å². The Balaban J connectivity index is 0.000000550. The van der Waals surface area contributed by atoms with Gasteiger partial charge in [0.15, 0.2) is 0 Å². The molecule has 0 spiro atoms. The Hall–Kier alpha value is -2.29. The summed E-state index contributed by atoms with van der Waals surface area (Å²) in [6.45, 7) is 6.27. The van der Waals surface area contributed by atoms with E-state index < -0.39 is 7.25 Å². The molecule has 0 saturated carbocycles. The molecule has 9 heteroatoms. The maximum Gasteiger partial charge on any atom is 0.673 e. The average molecular weight is 360 g/mol. The minimum atomic E-state index is -6.00. The number of aryl methyl sites for hydroxylation is 1. The third-order valence-corrected chi connectivity index (χ3v) is 2.85. The number of hydrogen-bond donors (Lipinski definition) is 0. The smallest absolute Gasteiger partial charge is 0.492 e. The van der Waals surface area contributed by atoms with Gasteiger partial charge in [-0.05, 0) is 5.56 Å². The second kappa shape index (κ2) is 10.6. The largest absolute Gasteiger partial charge is 0.673 e. The van der Waals surface area contributed by atoms with Crippen molar-refractivity contribution in [2.45, 2.75) is 13.2 Å². The summed E-state index contributed by atoms with van der Waals surface area (Å²) in [5.74, 6) is 0.664. The number of imidazole rings is 1. The summed E-state index contributed by atoms with van der Waals surface area (Å²) in [5, 5.41) is 0. The molecule has 4 nitrogen and oxygen atoms in total. The van der Waals surface area contributed by atoms with Crippen LogP contribution in [0.4, 0.5) is 17.3 Å². The second-order valence-electron chi connectivity index (χ2n) is 5.18. The van der Waals surface area contributed by atoms with Crippen LogP contribution < -0.4 is 4.57 Å². The molecule has 2 rings (SSSR count). The van der Waals surface area contributed by atoms with E-state index in [1.165, 1.54) is 0 Å². The Morgan fingerprint density at radius 1 is 1.20 bits per heavy atom. The van der Waals surface area contributed by atoms with Crippen molar-refractivity contribution in [1.29, 1.82) is 0 Å². The van der Waals surface area contributed by atoms with Crippen LogP contribution in [0.1, 0.15) is 5.56 Å². The first-order chi connectivity index (χ1) is 11.7. The fourth-order valence-corrected chi connectivity index (χ4v) is 1.83. The van der Waals surface area contributed by atoms with Gasteiger partial charge < -0.3 is 26.7 Å². The van der Waals surface area contributed by atoms with Crippen molar-refractivity contribution in [2.75, 3.05) is 13.2 Å². The van der Waals surface area contributed by atoms with Crippen molar-refractivity contribution in [1.82, 2.24) is 4.57 Å². The van der Waals surface area contributed by atoms with Gasteiger partial charge in [0.2, 0.25) is 6.33 Å². The van der Waals surface area contributed by atoms with Crippen LogP contribution in [0.15, 0.2) is 61.4 Å². The molecular weight excluding hydrogens is 339 g/mol. The second-order valence-corrected chi connectivity index (χ2v) is 5.18. The highest BCUT2D eigenvalue weighted by Gasteiger charge is 2.20. The summed E-state index contributed by atoms with van der Waals surface area (Å²) < 4.78 is 54.2. The molecule has 1 aromatic heterocycles. The predicted octanol–water partition coefficient (Wildman–Crippen LogP) is 3.36. The fraction of sp³-hybridized carbons (Fsp3) is 0.312. The molecule has 0 amide bonds. The van der Waals surface area contributed by atoms with E-state index in [2.05, 4.69) is 11.1 Å². The zero-order valence-corrected chi connectivity index (χ0v) is 14.0. The summed E-state index contributed by atoms with van der Waals surface area (Å²) in [6.07, 6.45) is 6.02. The van der Waals surface area contributed by atoms with Gasteiger partial charge in [-0.2, -0.15) is 0 Å². The maximum absolute atomic E-state index is 9.75. The van der Waals surface area contributed by atoms with Gasteiger partial charge in [0.1, 0.15) is 37.9 Å². The molecule has 0 unspecified atom stereocenters. The van der Waals surface area contributed by atoms with Crippen LogP contribution in [-0.4, -0.2) is 25.0 Å². The summed E-state index contributed by atoms with van der Waals surface area (Å²) in [4.78, 5) is 0. The van der Waals surface area contributed by atoms with E-state index in [4.69, 9.17) is 9.47 Å². The Bertz CT molecular complexity index is 627. The summed E-state index contributed by atoms with van der Waals surface area (Å²) in [5.41, 5.74) is 1.15. The van der Waals surface area contributed by atoms with Gasteiger partial charge in [0.25, 0.3) is 0 Å². The van der Waals surface area contributed by atoms with Crippen molar-refractivity contribution in [3.8, 4) is 0 Å². The van der Waals surface area contributed by atoms with E-state index in [1.54, 1.807) is 0 Å². The van der Waals surface area contributed by atoms with Crippen molar-refractivity contribution >= 4 is 7.25 Å². The third-order valence-electron chi connectivity index (χ3n) is 2.85. The molecule has 0 radical (unpaired) electrons. The molecule has 1 aromatic carbocycles. The van der Waals surface area contributed by atoms with Crippen LogP contribution in [0, 0.1) is 0 Å². The number of hydrogen-bond acceptors (Lipinski definition) is 2. The van der Waals surface area contributed by atoms with E-state index in [9.17, 15) is 17.3 Å². The molecular formula is C16H21BF4N2O2. The van der Waals surface area contributed by atoms with Crippen LogP contribution in [0.5, 0.6) is 0 Å². The van der Waals surface area contributed by atoms with Gasteiger partial charge in [0, 0.05) is 0 Å². The molecule has 0 N–H and O–H groups in total. The number of halogens is 4. The number of benzene rings is 1. The minimum Gasteiger partial charge on any atom is -0.492 e. The number of nitrogens with zero attached hydrogens (tertiary/aromatic N) is 2. The van der Waals surface area contributed by atoms with Crippen LogP contribution in [-0.2, 0) is 29.7 Å². The quantitative estimate of drug-likeness (QED) is 0.313. The Labute approximate surface area is 144 Å².